The fourth-order valence-corrected chi connectivity index (χ4v) is 3.48. The van der Waals surface area contributed by atoms with Crippen LogP contribution in [0.5, 0.6) is 0 Å². The Morgan fingerprint density at radius 2 is 1.87 bits per heavy atom. The van der Waals surface area contributed by atoms with Crippen LogP contribution in [0.4, 0.5) is 0 Å². The Morgan fingerprint density at radius 1 is 1.03 bits per heavy atom. The maximum absolute atomic E-state index is 13.0. The van der Waals surface area contributed by atoms with Gasteiger partial charge in [0.2, 0.25) is 0 Å². The van der Waals surface area contributed by atoms with E-state index in [9.17, 15) is 9.59 Å². The van der Waals surface area contributed by atoms with Gasteiger partial charge in [0.1, 0.15) is 0 Å². The first-order valence-electron chi connectivity index (χ1n) is 9.30. The van der Waals surface area contributed by atoms with Gasteiger partial charge in [-0.25, -0.2) is 14.2 Å². The fourth-order valence-electron chi connectivity index (χ4n) is 3.48. The quantitative estimate of drug-likeness (QED) is 0.506. The molecule has 146 valence electrons. The number of aromatic nitrogens is 5. The van der Waals surface area contributed by atoms with Gasteiger partial charge in [0, 0.05) is 30.4 Å². The Balaban J connectivity index is 1.62. The van der Waals surface area contributed by atoms with E-state index in [4.69, 9.17) is 0 Å². The Kier molecular flexibility index (Phi) is 4.10. The monoisotopic (exact) mass is 396 g/mol. The minimum Gasteiger partial charge on any atom is -0.267 e. The van der Waals surface area contributed by atoms with E-state index < -0.39 is 11.5 Å². The van der Waals surface area contributed by atoms with Gasteiger partial charge in [-0.3, -0.25) is 20.0 Å². The summed E-state index contributed by atoms with van der Waals surface area (Å²) >= 11 is 0. The summed E-state index contributed by atoms with van der Waals surface area (Å²) in [5.74, 6) is -0.431. The number of hydrogen-bond donors (Lipinski definition) is 1. The molecule has 8 heteroatoms. The molecule has 0 bridgehead atoms. The molecular formula is C22H16N6O2. The molecule has 0 aliphatic heterocycles. The van der Waals surface area contributed by atoms with Crippen molar-refractivity contribution in [2.75, 3.05) is 5.43 Å². The molecule has 1 amide bonds. The van der Waals surface area contributed by atoms with Crippen molar-refractivity contribution in [1.29, 1.82) is 0 Å². The number of fused-ring (bicyclic) bond motifs is 3. The SMILES string of the molecule is Cc1nn2c(ncc3c(=O)n(NC(=O)c4cccnc4)ccc32)c1-c1ccccc1. The summed E-state index contributed by atoms with van der Waals surface area (Å²) in [5.41, 5.74) is 6.57. The Hall–Kier alpha value is -4.33. The molecule has 4 heterocycles. The zero-order valence-corrected chi connectivity index (χ0v) is 16.0. The third-order valence-electron chi connectivity index (χ3n) is 4.89. The lowest BCUT2D eigenvalue weighted by atomic mass is 10.1. The van der Waals surface area contributed by atoms with Gasteiger partial charge in [0.25, 0.3) is 11.5 Å². The fraction of sp³-hybridized carbons (Fsp3) is 0.0455. The number of pyridine rings is 2. The van der Waals surface area contributed by atoms with E-state index in [1.54, 1.807) is 28.9 Å². The first kappa shape index (κ1) is 17.7. The lowest BCUT2D eigenvalue weighted by Gasteiger charge is -2.09. The molecule has 0 aliphatic carbocycles. The van der Waals surface area contributed by atoms with Crippen molar-refractivity contribution in [2.45, 2.75) is 6.92 Å². The zero-order valence-electron chi connectivity index (χ0n) is 16.0. The number of nitrogens with one attached hydrogen (secondary N) is 1. The van der Waals surface area contributed by atoms with E-state index in [0.717, 1.165) is 21.5 Å². The van der Waals surface area contributed by atoms with Crippen LogP contribution in [0.1, 0.15) is 16.1 Å². The highest BCUT2D eigenvalue weighted by Crippen LogP contribution is 2.28. The highest BCUT2D eigenvalue weighted by molar-refractivity contribution is 5.99. The molecule has 30 heavy (non-hydrogen) atoms. The number of rotatable bonds is 3. The molecule has 0 radical (unpaired) electrons. The van der Waals surface area contributed by atoms with Gasteiger partial charge in [-0.15, -0.1) is 0 Å². The summed E-state index contributed by atoms with van der Waals surface area (Å²) < 4.78 is 2.81. The molecule has 0 fully saturated rings. The second-order valence-electron chi connectivity index (χ2n) is 6.79. The van der Waals surface area contributed by atoms with Crippen molar-refractivity contribution in [3.63, 3.8) is 0 Å². The zero-order chi connectivity index (χ0) is 20.7. The predicted octanol–water partition coefficient (Wildman–Crippen LogP) is 2.80. The summed E-state index contributed by atoms with van der Waals surface area (Å²) in [7, 11) is 0. The summed E-state index contributed by atoms with van der Waals surface area (Å²) in [6.45, 7) is 1.91. The molecule has 0 atom stereocenters. The largest absolute Gasteiger partial charge is 0.280 e. The molecule has 1 N–H and O–H groups in total. The van der Waals surface area contributed by atoms with Crippen molar-refractivity contribution in [3.05, 3.63) is 94.9 Å². The average Bonchev–Trinajstić information content (AvgIpc) is 3.13. The van der Waals surface area contributed by atoms with E-state index in [-0.39, 0.29) is 0 Å². The maximum Gasteiger partial charge on any atom is 0.280 e. The van der Waals surface area contributed by atoms with Crippen LogP contribution in [0, 0.1) is 6.92 Å². The second-order valence-corrected chi connectivity index (χ2v) is 6.79. The molecule has 0 spiro atoms. The molecule has 8 nitrogen and oxygen atoms in total. The van der Waals surface area contributed by atoms with Gasteiger partial charge in [-0.1, -0.05) is 30.3 Å². The molecule has 5 rings (SSSR count). The molecule has 1 aromatic carbocycles. The normalized spacial score (nSPS) is 11.1. The number of hydrogen-bond acceptors (Lipinski definition) is 5. The number of nitrogens with zero attached hydrogens (tertiary/aromatic N) is 5. The summed E-state index contributed by atoms with van der Waals surface area (Å²) in [6, 6.07) is 14.9. The van der Waals surface area contributed by atoms with E-state index >= 15 is 0 Å². The highest BCUT2D eigenvalue weighted by Gasteiger charge is 2.16. The van der Waals surface area contributed by atoms with E-state index in [0.29, 0.717) is 22.1 Å². The van der Waals surface area contributed by atoms with Gasteiger partial charge >= 0.3 is 0 Å². The van der Waals surface area contributed by atoms with Crippen molar-refractivity contribution in [2.24, 2.45) is 0 Å². The second kappa shape index (κ2) is 6.93. The van der Waals surface area contributed by atoms with Crippen molar-refractivity contribution < 1.29 is 4.79 Å². The molecule has 0 saturated heterocycles. The summed E-state index contributed by atoms with van der Waals surface area (Å²) in [4.78, 5) is 33.8. The van der Waals surface area contributed by atoms with Crippen LogP contribution in [-0.4, -0.2) is 30.2 Å². The van der Waals surface area contributed by atoms with Crippen LogP contribution in [0.3, 0.4) is 0 Å². The smallest absolute Gasteiger partial charge is 0.267 e. The number of carbonyl (C=O) groups excluding carboxylic acids is 1. The van der Waals surface area contributed by atoms with Gasteiger partial charge in [0.15, 0.2) is 5.65 Å². The van der Waals surface area contributed by atoms with Crippen molar-refractivity contribution in [3.8, 4) is 11.1 Å². The number of amides is 1. The molecule has 0 aliphatic rings. The number of carbonyl (C=O) groups is 1. The molecular weight excluding hydrogens is 380 g/mol. The molecule has 0 unspecified atom stereocenters. The van der Waals surface area contributed by atoms with E-state index in [1.165, 1.54) is 18.6 Å². The minimum atomic E-state index is -0.431. The van der Waals surface area contributed by atoms with E-state index in [2.05, 4.69) is 20.5 Å². The first-order chi connectivity index (χ1) is 14.6. The highest BCUT2D eigenvalue weighted by atomic mass is 16.2. The third kappa shape index (κ3) is 2.82. The minimum absolute atomic E-state index is 0.346. The number of benzene rings is 1. The van der Waals surface area contributed by atoms with E-state index in [1.807, 2.05) is 37.3 Å². The van der Waals surface area contributed by atoms with Crippen LogP contribution < -0.4 is 11.0 Å². The summed E-state index contributed by atoms with van der Waals surface area (Å²) in [6.07, 6.45) is 6.04. The topological polar surface area (TPSA) is 94.2 Å². The predicted molar refractivity (Wildman–Crippen MR) is 113 cm³/mol. The third-order valence-corrected chi connectivity index (χ3v) is 4.89. The Bertz CT molecular complexity index is 1460. The Morgan fingerprint density at radius 3 is 2.63 bits per heavy atom. The first-order valence-corrected chi connectivity index (χ1v) is 9.30. The van der Waals surface area contributed by atoms with Gasteiger partial charge in [-0.2, -0.15) is 5.10 Å². The average molecular weight is 396 g/mol. The van der Waals surface area contributed by atoms with Crippen LogP contribution in [-0.2, 0) is 0 Å². The van der Waals surface area contributed by atoms with Gasteiger partial charge in [-0.05, 0) is 30.7 Å². The van der Waals surface area contributed by atoms with Crippen LogP contribution in [0.15, 0.2) is 78.1 Å². The molecule has 4 aromatic heterocycles. The molecule has 5 aromatic rings. The molecule has 0 saturated carbocycles. The lowest BCUT2D eigenvalue weighted by Crippen LogP contribution is -2.33. The lowest BCUT2D eigenvalue weighted by molar-refractivity contribution is 0.101. The van der Waals surface area contributed by atoms with Crippen molar-refractivity contribution in [1.82, 2.24) is 24.3 Å². The van der Waals surface area contributed by atoms with Crippen molar-refractivity contribution >= 4 is 22.5 Å². The van der Waals surface area contributed by atoms with Crippen LogP contribution in [0.25, 0.3) is 27.7 Å². The van der Waals surface area contributed by atoms with Crippen LogP contribution in [0.2, 0.25) is 0 Å². The summed E-state index contributed by atoms with van der Waals surface area (Å²) in [5, 5.41) is 4.95. The maximum atomic E-state index is 13.0. The van der Waals surface area contributed by atoms with Gasteiger partial charge < -0.3 is 0 Å². The van der Waals surface area contributed by atoms with Crippen LogP contribution >= 0.6 is 0 Å². The Labute approximate surface area is 170 Å². The number of aryl methyl sites for hydroxylation is 1. The van der Waals surface area contributed by atoms with Gasteiger partial charge in [0.05, 0.1) is 22.2 Å². The standard InChI is InChI=1S/C22H16N6O2/c1-14-19(15-6-3-2-4-7-15)20-24-13-17-18(28(20)25-14)9-11-27(22(17)30)26-21(29)16-8-5-10-23-12-16/h2-13H,1H3,(H,26,29).